The average molecular weight is 451 g/mol. The summed E-state index contributed by atoms with van der Waals surface area (Å²) in [6.07, 6.45) is 3.51. The number of carbonyl (C=O) groups excluding carboxylic acids is 1. The van der Waals surface area contributed by atoms with Gasteiger partial charge in [-0.1, -0.05) is 27.7 Å². The number of H-pyrrole nitrogens is 1. The van der Waals surface area contributed by atoms with Crippen LogP contribution in [0.25, 0.3) is 11.0 Å². The highest BCUT2D eigenvalue weighted by Crippen LogP contribution is 2.31. The molecular formula is C21H24F2N4O3S. The van der Waals surface area contributed by atoms with E-state index in [1.165, 1.54) is 6.20 Å². The van der Waals surface area contributed by atoms with E-state index < -0.39 is 38.8 Å². The van der Waals surface area contributed by atoms with E-state index in [0.29, 0.717) is 12.1 Å². The second-order valence-corrected chi connectivity index (χ2v) is 10.1. The van der Waals surface area contributed by atoms with E-state index in [2.05, 4.69) is 20.0 Å². The number of amides is 1. The fourth-order valence-corrected chi connectivity index (χ4v) is 4.34. The summed E-state index contributed by atoms with van der Waals surface area (Å²) in [6, 6.07) is 3.45. The van der Waals surface area contributed by atoms with Crippen LogP contribution in [0.4, 0.5) is 20.2 Å². The van der Waals surface area contributed by atoms with Crippen molar-refractivity contribution in [2.45, 2.75) is 39.5 Å². The number of halogens is 2. The summed E-state index contributed by atoms with van der Waals surface area (Å²) in [4.78, 5) is 20.0. The third-order valence-electron chi connectivity index (χ3n) is 4.65. The van der Waals surface area contributed by atoms with E-state index >= 15 is 0 Å². The van der Waals surface area contributed by atoms with E-state index in [4.69, 9.17) is 0 Å². The predicted molar refractivity (Wildman–Crippen MR) is 117 cm³/mol. The Kier molecular flexibility index (Phi) is 6.04. The molecule has 0 saturated carbocycles. The summed E-state index contributed by atoms with van der Waals surface area (Å²) in [7, 11) is -3.82. The molecule has 3 rings (SSSR count). The van der Waals surface area contributed by atoms with Gasteiger partial charge in [-0.3, -0.25) is 9.52 Å². The van der Waals surface area contributed by atoms with E-state index in [1.807, 2.05) is 27.0 Å². The van der Waals surface area contributed by atoms with Gasteiger partial charge in [0, 0.05) is 11.6 Å². The van der Waals surface area contributed by atoms with Crippen molar-refractivity contribution in [3.05, 3.63) is 53.4 Å². The van der Waals surface area contributed by atoms with Crippen molar-refractivity contribution in [3.8, 4) is 0 Å². The zero-order valence-electron chi connectivity index (χ0n) is 17.6. The zero-order valence-corrected chi connectivity index (χ0v) is 18.5. The standard InChI is InChI=1S/C21H24F2N4O3S/c1-5-8-31(29,30)27-16-7-6-15(22)17(18(16)23)20(28)26-12-9-13-14(21(2,3)4)11-25-19(13)24-10-12/h6-7,9-11,27H,5,8H2,1-4H3,(H,24,25)(H,26,28). The maximum Gasteiger partial charge on any atom is 0.261 e. The number of rotatable bonds is 6. The van der Waals surface area contributed by atoms with Gasteiger partial charge in [0.2, 0.25) is 10.0 Å². The summed E-state index contributed by atoms with van der Waals surface area (Å²) in [5, 5.41) is 3.21. The molecule has 0 radical (unpaired) electrons. The maximum atomic E-state index is 14.8. The number of anilines is 2. The Hall–Kier alpha value is -3.01. The largest absolute Gasteiger partial charge is 0.346 e. The Morgan fingerprint density at radius 3 is 2.58 bits per heavy atom. The maximum absolute atomic E-state index is 14.8. The first-order valence-electron chi connectivity index (χ1n) is 9.70. The van der Waals surface area contributed by atoms with Crippen molar-refractivity contribution in [1.29, 1.82) is 0 Å². The van der Waals surface area contributed by atoms with Crippen LogP contribution >= 0.6 is 0 Å². The van der Waals surface area contributed by atoms with E-state index in [0.717, 1.165) is 23.1 Å². The van der Waals surface area contributed by atoms with Crippen LogP contribution in [-0.2, 0) is 15.4 Å². The molecule has 0 saturated heterocycles. The summed E-state index contributed by atoms with van der Waals surface area (Å²) >= 11 is 0. The minimum atomic E-state index is -3.82. The Morgan fingerprint density at radius 1 is 1.23 bits per heavy atom. The molecule has 7 nitrogen and oxygen atoms in total. The lowest BCUT2D eigenvalue weighted by Crippen LogP contribution is -2.20. The number of benzene rings is 1. The molecule has 1 aromatic carbocycles. The second kappa shape index (κ2) is 8.26. The summed E-state index contributed by atoms with van der Waals surface area (Å²) in [5.74, 6) is -3.69. The number of hydrogen-bond acceptors (Lipinski definition) is 4. The molecule has 0 unspecified atom stereocenters. The van der Waals surface area contributed by atoms with Gasteiger partial charge >= 0.3 is 0 Å². The van der Waals surface area contributed by atoms with Gasteiger partial charge in [-0.15, -0.1) is 0 Å². The number of aromatic nitrogens is 2. The average Bonchev–Trinajstić information content (AvgIpc) is 3.07. The van der Waals surface area contributed by atoms with Crippen molar-refractivity contribution in [3.63, 3.8) is 0 Å². The first-order chi connectivity index (χ1) is 14.4. The molecule has 0 atom stereocenters. The molecule has 3 N–H and O–H groups in total. The summed E-state index contributed by atoms with van der Waals surface area (Å²) in [6.45, 7) is 7.73. The third-order valence-corrected chi connectivity index (χ3v) is 6.13. The minimum absolute atomic E-state index is 0.190. The number of carbonyl (C=O) groups is 1. The van der Waals surface area contributed by atoms with Crippen molar-refractivity contribution in [2.75, 3.05) is 15.8 Å². The molecule has 166 valence electrons. The third kappa shape index (κ3) is 4.84. The van der Waals surface area contributed by atoms with Crippen LogP contribution < -0.4 is 10.0 Å². The van der Waals surface area contributed by atoms with Crippen molar-refractivity contribution in [2.24, 2.45) is 0 Å². The highest BCUT2D eigenvalue weighted by molar-refractivity contribution is 7.92. The van der Waals surface area contributed by atoms with Crippen LogP contribution in [0.3, 0.4) is 0 Å². The first-order valence-corrected chi connectivity index (χ1v) is 11.4. The lowest BCUT2D eigenvalue weighted by Gasteiger charge is -2.17. The van der Waals surface area contributed by atoms with E-state index in [-0.39, 0.29) is 16.9 Å². The monoisotopic (exact) mass is 450 g/mol. The smallest absolute Gasteiger partial charge is 0.261 e. The molecule has 0 aliphatic carbocycles. The molecule has 10 heteroatoms. The fraction of sp³-hybridized carbons (Fsp3) is 0.333. The molecule has 31 heavy (non-hydrogen) atoms. The van der Waals surface area contributed by atoms with Gasteiger partial charge in [-0.05, 0) is 35.6 Å². The lowest BCUT2D eigenvalue weighted by molar-refractivity contribution is 0.101. The molecule has 3 aromatic rings. The number of pyridine rings is 1. The fourth-order valence-electron chi connectivity index (χ4n) is 3.21. The predicted octanol–water partition coefficient (Wildman–Crippen LogP) is 4.54. The van der Waals surface area contributed by atoms with Crippen LogP contribution in [0, 0.1) is 11.6 Å². The summed E-state index contributed by atoms with van der Waals surface area (Å²) in [5.41, 5.74) is 0.267. The quantitative estimate of drug-likeness (QED) is 0.513. The van der Waals surface area contributed by atoms with E-state index in [9.17, 15) is 22.0 Å². The second-order valence-electron chi connectivity index (χ2n) is 8.23. The number of nitrogens with zero attached hydrogens (tertiary/aromatic N) is 1. The molecule has 0 bridgehead atoms. The van der Waals surface area contributed by atoms with Crippen LogP contribution in [0.1, 0.15) is 50.0 Å². The Bertz CT molecular complexity index is 1250. The molecule has 0 aliphatic heterocycles. The summed E-state index contributed by atoms with van der Waals surface area (Å²) < 4.78 is 55.1. The Balaban J connectivity index is 1.94. The molecular weight excluding hydrogens is 426 g/mol. The van der Waals surface area contributed by atoms with Gasteiger partial charge in [0.05, 0.1) is 23.3 Å². The number of fused-ring (bicyclic) bond motifs is 1. The number of nitrogens with one attached hydrogen (secondary N) is 3. The van der Waals surface area contributed by atoms with Gasteiger partial charge in [0.25, 0.3) is 5.91 Å². The molecule has 2 heterocycles. The van der Waals surface area contributed by atoms with Crippen molar-refractivity contribution < 1.29 is 22.0 Å². The minimum Gasteiger partial charge on any atom is -0.346 e. The SMILES string of the molecule is CCCS(=O)(=O)Nc1ccc(F)c(C(=O)Nc2cnc3[nH]cc(C(C)(C)C)c3c2)c1F. The van der Waals surface area contributed by atoms with Gasteiger partial charge in [0.1, 0.15) is 17.0 Å². The topological polar surface area (TPSA) is 104 Å². The van der Waals surface area contributed by atoms with E-state index in [1.54, 1.807) is 13.0 Å². The molecule has 1 amide bonds. The number of aromatic amines is 1. The van der Waals surface area contributed by atoms with Crippen molar-refractivity contribution >= 4 is 38.3 Å². The van der Waals surface area contributed by atoms with Gasteiger partial charge < -0.3 is 10.3 Å². The molecule has 2 aromatic heterocycles. The highest BCUT2D eigenvalue weighted by Gasteiger charge is 2.24. The van der Waals surface area contributed by atoms with Gasteiger partial charge in [-0.25, -0.2) is 22.2 Å². The molecule has 0 fully saturated rings. The normalized spacial score (nSPS) is 12.2. The van der Waals surface area contributed by atoms with Crippen LogP contribution in [0.2, 0.25) is 0 Å². The van der Waals surface area contributed by atoms with Gasteiger partial charge in [0.15, 0.2) is 5.82 Å². The first kappa shape index (κ1) is 22.7. The Labute approximate surface area is 179 Å². The van der Waals surface area contributed by atoms with Crippen molar-refractivity contribution in [1.82, 2.24) is 9.97 Å². The molecule has 0 spiro atoms. The lowest BCUT2D eigenvalue weighted by atomic mass is 9.87. The highest BCUT2D eigenvalue weighted by atomic mass is 32.2. The van der Waals surface area contributed by atoms with Crippen LogP contribution in [-0.4, -0.2) is 30.0 Å². The zero-order chi connectivity index (χ0) is 23.0. The number of sulfonamides is 1. The van der Waals surface area contributed by atoms with Gasteiger partial charge in [-0.2, -0.15) is 0 Å². The molecule has 0 aliphatic rings. The Morgan fingerprint density at radius 2 is 1.94 bits per heavy atom. The van der Waals surface area contributed by atoms with Crippen LogP contribution in [0.5, 0.6) is 0 Å². The van der Waals surface area contributed by atoms with Crippen LogP contribution in [0.15, 0.2) is 30.6 Å². The number of hydrogen-bond donors (Lipinski definition) is 3.